The molecular formula is C31H30F2N4O4S. The number of pyridine rings is 1. The van der Waals surface area contributed by atoms with E-state index < -0.39 is 26.6 Å². The topological polar surface area (TPSA) is 94.5 Å². The number of methoxy groups -OCH3 is 1. The molecule has 0 amide bonds. The third-order valence-electron chi connectivity index (χ3n) is 8.13. The molecule has 11 heteroatoms. The van der Waals surface area contributed by atoms with Crippen molar-refractivity contribution in [2.24, 2.45) is 0 Å². The van der Waals surface area contributed by atoms with E-state index in [1.54, 1.807) is 12.1 Å². The standard InChI is InChI=1S/C31H30F2N4O4S/c1-4-21-23(32)12-10-18-15-20(41-17-40-3)16-22(25(18)21)28-27(33)29-26-24(34-28)13-11-19-9-7-6-8-14-37(19)30(26)36-31(35-29)42(38,39)5-2/h1,10,12,15-16,19H,5-9,11,13-14,17H2,2-3H3/t19-/m0/s1. The van der Waals surface area contributed by atoms with Crippen LogP contribution in [0, 0.1) is 24.0 Å². The first-order valence-electron chi connectivity index (χ1n) is 14.0. The van der Waals surface area contributed by atoms with Crippen molar-refractivity contribution in [1.29, 1.82) is 0 Å². The summed E-state index contributed by atoms with van der Waals surface area (Å²) in [5, 5.41) is 0.802. The summed E-state index contributed by atoms with van der Waals surface area (Å²) in [6.07, 6.45) is 10.9. The number of terminal acetylenes is 1. The fourth-order valence-corrected chi connectivity index (χ4v) is 6.77. The molecule has 0 N–H and O–H groups in total. The minimum Gasteiger partial charge on any atom is -0.468 e. The Morgan fingerprint density at radius 2 is 1.93 bits per heavy atom. The van der Waals surface area contributed by atoms with Crippen molar-refractivity contribution in [1.82, 2.24) is 15.0 Å². The number of rotatable bonds is 6. The highest BCUT2D eigenvalue weighted by Gasteiger charge is 2.33. The third-order valence-corrected chi connectivity index (χ3v) is 9.62. The van der Waals surface area contributed by atoms with Crippen LogP contribution in [0.15, 0.2) is 29.4 Å². The Morgan fingerprint density at radius 3 is 2.69 bits per heavy atom. The lowest BCUT2D eigenvalue weighted by molar-refractivity contribution is 0.0512. The Labute approximate surface area is 243 Å². The number of ether oxygens (including phenoxy) is 2. The van der Waals surface area contributed by atoms with Crippen LogP contribution < -0.4 is 9.64 Å². The van der Waals surface area contributed by atoms with Crippen LogP contribution in [0.2, 0.25) is 0 Å². The number of aryl methyl sites for hydroxylation is 1. The molecule has 2 aliphatic rings. The van der Waals surface area contributed by atoms with Crippen molar-refractivity contribution in [3.05, 3.63) is 47.2 Å². The van der Waals surface area contributed by atoms with Gasteiger partial charge in [0.1, 0.15) is 28.6 Å². The van der Waals surface area contributed by atoms with Crippen LogP contribution in [0.1, 0.15) is 50.3 Å². The largest absolute Gasteiger partial charge is 0.468 e. The summed E-state index contributed by atoms with van der Waals surface area (Å²) < 4.78 is 68.7. The van der Waals surface area contributed by atoms with Crippen molar-refractivity contribution in [3.8, 4) is 29.4 Å². The molecule has 0 unspecified atom stereocenters. The lowest BCUT2D eigenvalue weighted by atomic mass is 9.95. The number of benzene rings is 2. The fraction of sp³-hybridized carbons (Fsp3) is 0.387. The van der Waals surface area contributed by atoms with Crippen LogP contribution in [-0.2, 0) is 21.0 Å². The van der Waals surface area contributed by atoms with Crippen LogP contribution in [0.4, 0.5) is 14.6 Å². The summed E-state index contributed by atoms with van der Waals surface area (Å²) in [5.74, 6) is 1.44. The number of nitrogens with zero attached hydrogens (tertiary/aromatic N) is 4. The molecule has 0 spiro atoms. The lowest BCUT2D eigenvalue weighted by Crippen LogP contribution is -2.35. The van der Waals surface area contributed by atoms with Gasteiger partial charge in [0, 0.05) is 30.6 Å². The average molecular weight is 593 g/mol. The predicted molar refractivity (Wildman–Crippen MR) is 156 cm³/mol. The Kier molecular flexibility index (Phi) is 7.45. The van der Waals surface area contributed by atoms with Crippen molar-refractivity contribution in [2.45, 2.75) is 56.6 Å². The number of anilines is 1. The van der Waals surface area contributed by atoms with Gasteiger partial charge in [0.05, 0.1) is 22.4 Å². The van der Waals surface area contributed by atoms with Gasteiger partial charge >= 0.3 is 0 Å². The maximum atomic E-state index is 16.9. The van der Waals surface area contributed by atoms with Crippen molar-refractivity contribution in [3.63, 3.8) is 0 Å². The molecule has 4 heterocycles. The third kappa shape index (κ3) is 4.72. The van der Waals surface area contributed by atoms with Crippen LogP contribution in [0.25, 0.3) is 32.9 Å². The summed E-state index contributed by atoms with van der Waals surface area (Å²) >= 11 is 0. The zero-order valence-electron chi connectivity index (χ0n) is 23.4. The van der Waals surface area contributed by atoms with Crippen LogP contribution in [0.5, 0.6) is 5.75 Å². The van der Waals surface area contributed by atoms with Crippen LogP contribution in [0.3, 0.4) is 0 Å². The molecule has 4 aromatic rings. The Bertz CT molecular complexity index is 1870. The summed E-state index contributed by atoms with van der Waals surface area (Å²) in [6, 6.07) is 6.10. The smallest absolute Gasteiger partial charge is 0.249 e. The zero-order chi connectivity index (χ0) is 29.6. The molecule has 1 saturated heterocycles. The van der Waals surface area contributed by atoms with Crippen molar-refractivity contribution in [2.75, 3.05) is 31.1 Å². The number of sulfone groups is 1. The number of hydrogen-bond acceptors (Lipinski definition) is 8. The van der Waals surface area contributed by atoms with E-state index in [1.807, 2.05) is 0 Å². The van der Waals surface area contributed by atoms with Crippen LogP contribution in [-0.4, -0.2) is 55.6 Å². The maximum absolute atomic E-state index is 16.9. The van der Waals surface area contributed by atoms with Gasteiger partial charge in [0.25, 0.3) is 0 Å². The molecule has 2 aliphatic heterocycles. The average Bonchev–Trinajstić information content (AvgIpc) is 3.31. The quantitative estimate of drug-likeness (QED) is 0.163. The van der Waals surface area contributed by atoms with Crippen molar-refractivity contribution >= 4 is 37.3 Å². The molecular weight excluding hydrogens is 562 g/mol. The van der Waals surface area contributed by atoms with Gasteiger partial charge in [-0.3, -0.25) is 0 Å². The van der Waals surface area contributed by atoms with Gasteiger partial charge in [-0.15, -0.1) is 6.42 Å². The SMILES string of the molecule is C#Cc1c(F)ccc2cc(OCOC)cc(-c3nc4c5c(nc(S(=O)(=O)CC)nc5c3F)N3CCCCC[C@H]3CC4)c12. The van der Waals surface area contributed by atoms with Crippen LogP contribution >= 0.6 is 0 Å². The molecule has 0 bridgehead atoms. The van der Waals surface area contributed by atoms with E-state index in [1.165, 1.54) is 26.2 Å². The van der Waals surface area contributed by atoms with Gasteiger partial charge in [0.2, 0.25) is 15.0 Å². The van der Waals surface area contributed by atoms with Gasteiger partial charge in [-0.25, -0.2) is 32.2 Å². The zero-order valence-corrected chi connectivity index (χ0v) is 24.2. The second kappa shape index (κ2) is 11.1. The van der Waals surface area contributed by atoms with E-state index in [0.717, 1.165) is 32.1 Å². The van der Waals surface area contributed by atoms with E-state index in [4.69, 9.17) is 20.9 Å². The van der Waals surface area contributed by atoms with Gasteiger partial charge < -0.3 is 14.4 Å². The Morgan fingerprint density at radius 1 is 1.10 bits per heavy atom. The predicted octanol–water partition coefficient (Wildman–Crippen LogP) is 5.58. The van der Waals surface area contributed by atoms with Gasteiger partial charge in [-0.2, -0.15) is 0 Å². The molecule has 1 atom stereocenters. The highest BCUT2D eigenvalue weighted by molar-refractivity contribution is 7.91. The molecule has 0 saturated carbocycles. The first-order valence-corrected chi connectivity index (χ1v) is 15.7. The summed E-state index contributed by atoms with van der Waals surface area (Å²) in [5.41, 5.74) is 0.473. The Balaban J connectivity index is 1.71. The van der Waals surface area contributed by atoms with E-state index >= 15 is 4.39 Å². The first kappa shape index (κ1) is 28.2. The van der Waals surface area contributed by atoms with E-state index in [0.29, 0.717) is 46.4 Å². The van der Waals surface area contributed by atoms with E-state index in [9.17, 15) is 12.8 Å². The lowest BCUT2D eigenvalue weighted by Gasteiger charge is -2.30. The molecule has 2 aromatic carbocycles. The molecule has 218 valence electrons. The first-order chi connectivity index (χ1) is 20.3. The number of halogens is 2. The second-order valence-corrected chi connectivity index (χ2v) is 12.8. The summed E-state index contributed by atoms with van der Waals surface area (Å²) in [6.45, 7) is 2.11. The van der Waals surface area contributed by atoms with Crippen molar-refractivity contribution < 1.29 is 26.7 Å². The fourth-order valence-electron chi connectivity index (χ4n) is 6.05. The molecule has 6 rings (SSSR count). The highest BCUT2D eigenvalue weighted by atomic mass is 32.2. The maximum Gasteiger partial charge on any atom is 0.249 e. The summed E-state index contributed by atoms with van der Waals surface area (Å²) in [4.78, 5) is 15.8. The minimum absolute atomic E-state index is 0.0426. The minimum atomic E-state index is -3.88. The highest BCUT2D eigenvalue weighted by Crippen LogP contribution is 2.42. The second-order valence-electron chi connectivity index (χ2n) is 10.6. The normalized spacial score (nSPS) is 17.0. The van der Waals surface area contributed by atoms with E-state index in [-0.39, 0.29) is 40.9 Å². The van der Waals surface area contributed by atoms with Gasteiger partial charge in [-0.05, 0) is 49.3 Å². The molecule has 42 heavy (non-hydrogen) atoms. The molecule has 1 fully saturated rings. The summed E-state index contributed by atoms with van der Waals surface area (Å²) in [7, 11) is -2.40. The number of aromatic nitrogens is 3. The number of fused-ring (bicyclic) bond motifs is 3. The molecule has 2 aromatic heterocycles. The Hall–Kier alpha value is -3.88. The molecule has 0 aliphatic carbocycles. The van der Waals surface area contributed by atoms with Gasteiger partial charge in [0.15, 0.2) is 12.6 Å². The van der Waals surface area contributed by atoms with E-state index in [2.05, 4.69) is 20.8 Å². The number of hydrogen-bond donors (Lipinski definition) is 0. The molecule has 8 nitrogen and oxygen atoms in total. The molecule has 0 radical (unpaired) electrons. The monoisotopic (exact) mass is 592 g/mol. The van der Waals surface area contributed by atoms with Gasteiger partial charge in [-0.1, -0.05) is 31.8 Å².